The molecule has 0 aliphatic heterocycles. The van der Waals surface area contributed by atoms with E-state index in [1.54, 1.807) is 20.8 Å². The molecule has 0 spiro atoms. The van der Waals surface area contributed by atoms with Crippen LogP contribution in [0.4, 0.5) is 0 Å². The standard InChI is InChI=1S/C10H20O4S/c1-10(2,3)9(11)8-15(12,13)7-5-6-14-4/h5-8H2,1-4H3. The molecule has 0 amide bonds. The van der Waals surface area contributed by atoms with Gasteiger partial charge >= 0.3 is 0 Å². The topological polar surface area (TPSA) is 60.4 Å². The van der Waals surface area contributed by atoms with Crippen molar-refractivity contribution in [2.75, 3.05) is 25.2 Å². The second-order valence-corrected chi connectivity index (χ2v) is 6.80. The highest BCUT2D eigenvalue weighted by molar-refractivity contribution is 7.92. The van der Waals surface area contributed by atoms with E-state index in [4.69, 9.17) is 4.74 Å². The van der Waals surface area contributed by atoms with Crippen LogP contribution in [-0.4, -0.2) is 39.4 Å². The van der Waals surface area contributed by atoms with Crippen LogP contribution in [0.2, 0.25) is 0 Å². The Morgan fingerprint density at radius 3 is 2.20 bits per heavy atom. The van der Waals surface area contributed by atoms with Crippen molar-refractivity contribution in [2.24, 2.45) is 5.41 Å². The summed E-state index contributed by atoms with van der Waals surface area (Å²) in [7, 11) is -1.74. The SMILES string of the molecule is COCCCS(=O)(=O)CC(=O)C(C)(C)C. The number of Topliss-reactive ketones (excluding diaryl/α,β-unsaturated/α-hetero) is 1. The summed E-state index contributed by atoms with van der Waals surface area (Å²) in [5, 5.41) is 0. The number of ether oxygens (including phenoxy) is 1. The van der Waals surface area contributed by atoms with Crippen molar-refractivity contribution >= 4 is 15.6 Å². The third-order valence-electron chi connectivity index (χ3n) is 1.99. The van der Waals surface area contributed by atoms with E-state index in [-0.39, 0.29) is 17.3 Å². The fourth-order valence-electron chi connectivity index (χ4n) is 0.912. The van der Waals surface area contributed by atoms with Gasteiger partial charge in [-0.1, -0.05) is 20.8 Å². The molecule has 0 aromatic carbocycles. The zero-order valence-electron chi connectivity index (χ0n) is 9.87. The number of methoxy groups -OCH3 is 1. The molecule has 0 bridgehead atoms. The highest BCUT2D eigenvalue weighted by Gasteiger charge is 2.26. The van der Waals surface area contributed by atoms with Crippen LogP contribution in [0, 0.1) is 5.41 Å². The molecule has 0 saturated heterocycles. The zero-order valence-corrected chi connectivity index (χ0v) is 10.7. The molecule has 0 fully saturated rings. The summed E-state index contributed by atoms with van der Waals surface area (Å²) in [5.41, 5.74) is -0.589. The molecule has 0 aromatic heterocycles. The molecule has 0 N–H and O–H groups in total. The van der Waals surface area contributed by atoms with Gasteiger partial charge in [0, 0.05) is 19.1 Å². The summed E-state index contributed by atoms with van der Waals surface area (Å²) >= 11 is 0. The number of sulfone groups is 1. The van der Waals surface area contributed by atoms with Gasteiger partial charge in [0.25, 0.3) is 0 Å². The Balaban J connectivity index is 4.22. The van der Waals surface area contributed by atoms with Crippen LogP contribution in [0.3, 0.4) is 0 Å². The van der Waals surface area contributed by atoms with E-state index in [0.717, 1.165) is 0 Å². The summed E-state index contributed by atoms with van der Waals surface area (Å²) in [4.78, 5) is 11.5. The number of carbonyl (C=O) groups is 1. The molecular formula is C10H20O4S. The van der Waals surface area contributed by atoms with Gasteiger partial charge in [0.2, 0.25) is 0 Å². The summed E-state index contributed by atoms with van der Waals surface area (Å²) in [5.74, 6) is -0.581. The van der Waals surface area contributed by atoms with E-state index in [0.29, 0.717) is 13.0 Å². The van der Waals surface area contributed by atoms with Gasteiger partial charge in [-0.25, -0.2) is 8.42 Å². The molecule has 0 heterocycles. The maximum Gasteiger partial charge on any atom is 0.157 e. The van der Waals surface area contributed by atoms with Gasteiger partial charge in [-0.05, 0) is 6.42 Å². The van der Waals surface area contributed by atoms with Crippen molar-refractivity contribution in [2.45, 2.75) is 27.2 Å². The summed E-state index contributed by atoms with van der Waals surface area (Å²) in [6.07, 6.45) is 0.441. The van der Waals surface area contributed by atoms with Crippen LogP contribution in [0.25, 0.3) is 0 Å². The number of carbonyl (C=O) groups excluding carboxylic acids is 1. The van der Waals surface area contributed by atoms with Gasteiger partial charge in [-0.15, -0.1) is 0 Å². The second-order valence-electron chi connectivity index (χ2n) is 4.61. The highest BCUT2D eigenvalue weighted by atomic mass is 32.2. The third-order valence-corrected chi connectivity index (χ3v) is 3.60. The van der Waals surface area contributed by atoms with Crippen LogP contribution < -0.4 is 0 Å². The molecular weight excluding hydrogens is 216 g/mol. The predicted octanol–water partition coefficient (Wildman–Crippen LogP) is 1.05. The first-order valence-corrected chi connectivity index (χ1v) is 6.74. The van der Waals surface area contributed by atoms with Crippen molar-refractivity contribution in [1.82, 2.24) is 0 Å². The minimum Gasteiger partial charge on any atom is -0.385 e. The molecule has 0 aliphatic rings. The third kappa shape index (κ3) is 6.62. The van der Waals surface area contributed by atoms with E-state index >= 15 is 0 Å². The Hall–Kier alpha value is -0.420. The monoisotopic (exact) mass is 236 g/mol. The van der Waals surface area contributed by atoms with Crippen LogP contribution in [0.15, 0.2) is 0 Å². The van der Waals surface area contributed by atoms with Gasteiger partial charge in [0.05, 0.1) is 5.75 Å². The first-order chi connectivity index (χ1) is 6.69. The Morgan fingerprint density at radius 1 is 1.27 bits per heavy atom. The number of hydrogen-bond acceptors (Lipinski definition) is 4. The second kappa shape index (κ2) is 5.61. The quantitative estimate of drug-likeness (QED) is 0.647. The fraction of sp³-hybridized carbons (Fsp3) is 0.900. The molecule has 5 heteroatoms. The fourth-order valence-corrected chi connectivity index (χ4v) is 2.45. The zero-order chi connectivity index (χ0) is 12.1. The normalized spacial score (nSPS) is 12.8. The number of rotatable bonds is 6. The molecule has 15 heavy (non-hydrogen) atoms. The van der Waals surface area contributed by atoms with Crippen molar-refractivity contribution in [1.29, 1.82) is 0 Å². The maximum atomic E-state index is 11.5. The average Bonchev–Trinajstić information content (AvgIpc) is 2.01. The lowest BCUT2D eigenvalue weighted by Gasteiger charge is -2.16. The summed E-state index contributed by atoms with van der Waals surface area (Å²) in [6.45, 7) is 5.57. The summed E-state index contributed by atoms with van der Waals surface area (Å²) < 4.78 is 27.7. The Kier molecular flexibility index (Phi) is 5.45. The van der Waals surface area contributed by atoms with Gasteiger partial charge in [-0.2, -0.15) is 0 Å². The van der Waals surface area contributed by atoms with Crippen molar-refractivity contribution in [3.63, 3.8) is 0 Å². The first kappa shape index (κ1) is 14.6. The van der Waals surface area contributed by atoms with E-state index in [2.05, 4.69) is 0 Å². The van der Waals surface area contributed by atoms with Gasteiger partial charge in [0.15, 0.2) is 15.6 Å². The minimum absolute atomic E-state index is 0.0165. The van der Waals surface area contributed by atoms with Crippen LogP contribution in [0.1, 0.15) is 27.2 Å². The molecule has 4 nitrogen and oxygen atoms in total. The average molecular weight is 236 g/mol. The van der Waals surface area contributed by atoms with Gasteiger partial charge < -0.3 is 4.74 Å². The molecule has 0 aliphatic carbocycles. The lowest BCUT2D eigenvalue weighted by molar-refractivity contribution is -0.123. The maximum absolute atomic E-state index is 11.5. The molecule has 0 aromatic rings. The number of ketones is 1. The highest BCUT2D eigenvalue weighted by Crippen LogP contribution is 2.15. The largest absolute Gasteiger partial charge is 0.385 e. The molecule has 0 atom stereocenters. The predicted molar refractivity (Wildman–Crippen MR) is 59.6 cm³/mol. The lowest BCUT2D eigenvalue weighted by atomic mass is 9.92. The number of hydrogen-bond donors (Lipinski definition) is 0. The smallest absolute Gasteiger partial charge is 0.157 e. The van der Waals surface area contributed by atoms with Gasteiger partial charge in [-0.3, -0.25) is 4.79 Å². The molecule has 0 radical (unpaired) electrons. The van der Waals surface area contributed by atoms with Crippen LogP contribution in [-0.2, 0) is 19.4 Å². The Bertz CT molecular complexity index is 298. The van der Waals surface area contributed by atoms with Crippen molar-refractivity contribution in [3.05, 3.63) is 0 Å². The Labute approximate surface area is 91.9 Å². The van der Waals surface area contributed by atoms with Crippen LogP contribution >= 0.6 is 0 Å². The van der Waals surface area contributed by atoms with E-state index in [1.807, 2.05) is 0 Å². The molecule has 0 rings (SSSR count). The van der Waals surface area contributed by atoms with Gasteiger partial charge in [0.1, 0.15) is 5.75 Å². The Morgan fingerprint density at radius 2 is 1.80 bits per heavy atom. The molecule has 90 valence electrons. The van der Waals surface area contributed by atoms with E-state index in [1.165, 1.54) is 7.11 Å². The van der Waals surface area contributed by atoms with E-state index in [9.17, 15) is 13.2 Å². The summed E-state index contributed by atoms with van der Waals surface area (Å²) in [6, 6.07) is 0. The first-order valence-electron chi connectivity index (χ1n) is 4.92. The van der Waals surface area contributed by atoms with Crippen molar-refractivity contribution in [3.8, 4) is 0 Å². The van der Waals surface area contributed by atoms with Crippen molar-refractivity contribution < 1.29 is 17.9 Å². The lowest BCUT2D eigenvalue weighted by Crippen LogP contribution is -2.29. The molecule has 0 unspecified atom stereocenters. The minimum atomic E-state index is -3.27. The van der Waals surface area contributed by atoms with E-state index < -0.39 is 15.3 Å². The molecule has 0 saturated carbocycles. The van der Waals surface area contributed by atoms with Crippen LogP contribution in [0.5, 0.6) is 0 Å².